The fraction of sp³-hybridized carbons (Fsp3) is 0.500. The van der Waals surface area contributed by atoms with E-state index >= 15 is 0 Å². The summed E-state index contributed by atoms with van der Waals surface area (Å²) in [4.78, 5) is 2.17. The molecule has 0 radical (unpaired) electrons. The molecule has 0 saturated carbocycles. The maximum Gasteiger partial charge on any atom is 0.124 e. The molecule has 0 amide bonds. The molecule has 0 spiro atoms. The third-order valence-corrected chi connectivity index (χ3v) is 3.37. The highest BCUT2D eigenvalue weighted by Gasteiger charge is 2.28. The third-order valence-electron chi connectivity index (χ3n) is 3.12. The highest BCUT2D eigenvalue weighted by molar-refractivity contribution is 6.30. The minimum Gasteiger partial charge on any atom is -0.373 e. The number of morpholine rings is 1. The molecule has 0 aliphatic carbocycles. The molecule has 0 bridgehead atoms. The number of ether oxygens (including phenoxy) is 1. The van der Waals surface area contributed by atoms with Crippen LogP contribution in [-0.2, 0) is 4.74 Å². The molecule has 1 aromatic carbocycles. The van der Waals surface area contributed by atoms with E-state index in [1.807, 2.05) is 38.1 Å². The van der Waals surface area contributed by atoms with Gasteiger partial charge < -0.3 is 4.74 Å². The summed E-state index contributed by atoms with van der Waals surface area (Å²) in [7, 11) is 0. The average molecular weight is 265 g/mol. The Kier molecular flexibility index (Phi) is 4.23. The Hall–Kier alpha value is -1.08. The Morgan fingerprint density at radius 2 is 1.83 bits per heavy atom. The summed E-state index contributed by atoms with van der Waals surface area (Å²) in [5.41, 5.74) is 0.989. The van der Waals surface area contributed by atoms with Crippen LogP contribution < -0.4 is 0 Å². The number of hydrogen-bond donors (Lipinski definition) is 0. The molecule has 1 fully saturated rings. The summed E-state index contributed by atoms with van der Waals surface area (Å²) in [5.74, 6) is 0. The van der Waals surface area contributed by atoms with Gasteiger partial charge in [0.25, 0.3) is 0 Å². The number of nitrogens with zero attached hydrogens (tertiary/aromatic N) is 2. The minimum atomic E-state index is -0.226. The van der Waals surface area contributed by atoms with Crippen LogP contribution in [0.1, 0.15) is 25.5 Å². The molecule has 18 heavy (non-hydrogen) atoms. The molecular formula is C14H17ClN2O. The van der Waals surface area contributed by atoms with Crippen molar-refractivity contribution in [3.8, 4) is 6.07 Å². The Labute approximate surface area is 113 Å². The smallest absolute Gasteiger partial charge is 0.124 e. The summed E-state index contributed by atoms with van der Waals surface area (Å²) in [6, 6.07) is 9.64. The molecule has 1 saturated heterocycles. The number of halogens is 1. The van der Waals surface area contributed by atoms with Crippen LogP contribution in [0.5, 0.6) is 0 Å². The number of rotatable bonds is 2. The first-order valence-electron chi connectivity index (χ1n) is 6.14. The van der Waals surface area contributed by atoms with Crippen molar-refractivity contribution >= 4 is 11.6 Å². The Morgan fingerprint density at radius 1 is 1.28 bits per heavy atom. The van der Waals surface area contributed by atoms with Gasteiger partial charge in [0.2, 0.25) is 0 Å². The molecule has 1 aliphatic heterocycles. The van der Waals surface area contributed by atoms with E-state index in [0.717, 1.165) is 18.7 Å². The standard InChI is InChI=1S/C14H17ClN2O/c1-10-8-17(9-11(2)18-10)14(7-16)12-3-5-13(15)6-4-12/h3-6,10-11,14H,8-9H2,1-2H3. The Morgan fingerprint density at radius 3 is 2.33 bits per heavy atom. The number of benzene rings is 1. The SMILES string of the molecule is CC1CN(C(C#N)c2ccc(Cl)cc2)CC(C)O1. The van der Waals surface area contributed by atoms with Crippen molar-refractivity contribution in [1.82, 2.24) is 4.90 Å². The molecule has 0 aromatic heterocycles. The second kappa shape index (κ2) is 5.71. The predicted molar refractivity (Wildman–Crippen MR) is 71.4 cm³/mol. The van der Waals surface area contributed by atoms with Crippen LogP contribution in [0.2, 0.25) is 5.02 Å². The van der Waals surface area contributed by atoms with Gasteiger partial charge in [-0.2, -0.15) is 5.26 Å². The third kappa shape index (κ3) is 3.02. The topological polar surface area (TPSA) is 36.3 Å². The second-order valence-electron chi connectivity index (χ2n) is 4.79. The van der Waals surface area contributed by atoms with Gasteiger partial charge in [0.05, 0.1) is 18.3 Å². The first kappa shape index (κ1) is 13.4. The van der Waals surface area contributed by atoms with Gasteiger partial charge in [-0.1, -0.05) is 23.7 Å². The summed E-state index contributed by atoms with van der Waals surface area (Å²) in [5, 5.41) is 10.1. The monoisotopic (exact) mass is 264 g/mol. The van der Waals surface area contributed by atoms with Crippen LogP contribution in [0.3, 0.4) is 0 Å². The molecule has 1 aliphatic rings. The van der Waals surface area contributed by atoms with Crippen molar-refractivity contribution in [2.24, 2.45) is 0 Å². The van der Waals surface area contributed by atoms with E-state index in [4.69, 9.17) is 16.3 Å². The van der Waals surface area contributed by atoms with E-state index in [1.165, 1.54) is 0 Å². The van der Waals surface area contributed by atoms with E-state index in [0.29, 0.717) is 5.02 Å². The fourth-order valence-electron chi connectivity index (χ4n) is 2.44. The molecule has 2 rings (SSSR count). The Bertz CT molecular complexity index is 430. The largest absolute Gasteiger partial charge is 0.373 e. The van der Waals surface area contributed by atoms with Gasteiger partial charge in [-0.3, -0.25) is 4.90 Å². The zero-order valence-corrected chi connectivity index (χ0v) is 11.4. The van der Waals surface area contributed by atoms with E-state index in [-0.39, 0.29) is 18.2 Å². The van der Waals surface area contributed by atoms with Crippen molar-refractivity contribution in [3.63, 3.8) is 0 Å². The van der Waals surface area contributed by atoms with Crippen molar-refractivity contribution in [3.05, 3.63) is 34.9 Å². The quantitative estimate of drug-likeness (QED) is 0.824. The average Bonchev–Trinajstić information content (AvgIpc) is 2.31. The zero-order chi connectivity index (χ0) is 13.1. The first-order valence-corrected chi connectivity index (χ1v) is 6.52. The Balaban J connectivity index is 2.18. The van der Waals surface area contributed by atoms with Crippen molar-refractivity contribution < 1.29 is 4.74 Å². The number of nitriles is 1. The fourth-order valence-corrected chi connectivity index (χ4v) is 2.57. The normalized spacial score (nSPS) is 26.6. The molecule has 1 heterocycles. The maximum absolute atomic E-state index is 9.41. The van der Waals surface area contributed by atoms with Crippen molar-refractivity contribution in [2.75, 3.05) is 13.1 Å². The lowest BCUT2D eigenvalue weighted by molar-refractivity contribution is -0.0750. The van der Waals surface area contributed by atoms with Gasteiger partial charge in [-0.05, 0) is 31.5 Å². The van der Waals surface area contributed by atoms with Crippen molar-refractivity contribution in [1.29, 1.82) is 5.26 Å². The van der Waals surface area contributed by atoms with E-state index in [2.05, 4.69) is 11.0 Å². The number of hydrogen-bond acceptors (Lipinski definition) is 3. The van der Waals surface area contributed by atoms with Crippen LogP contribution in [0.4, 0.5) is 0 Å². The lowest BCUT2D eigenvalue weighted by Gasteiger charge is -2.37. The van der Waals surface area contributed by atoms with Gasteiger partial charge in [0.15, 0.2) is 0 Å². The highest BCUT2D eigenvalue weighted by atomic mass is 35.5. The summed E-state index contributed by atoms with van der Waals surface area (Å²) >= 11 is 5.88. The minimum absolute atomic E-state index is 0.164. The molecule has 96 valence electrons. The van der Waals surface area contributed by atoms with Crippen molar-refractivity contribution in [2.45, 2.75) is 32.1 Å². The second-order valence-corrected chi connectivity index (χ2v) is 5.23. The van der Waals surface area contributed by atoms with Gasteiger partial charge in [0.1, 0.15) is 6.04 Å². The molecule has 3 atom stereocenters. The summed E-state index contributed by atoms with van der Waals surface area (Å²) in [6.45, 7) is 5.65. The molecule has 3 unspecified atom stereocenters. The predicted octanol–water partition coefficient (Wildman–Crippen LogP) is 3.01. The van der Waals surface area contributed by atoms with Gasteiger partial charge in [0, 0.05) is 18.1 Å². The molecular weight excluding hydrogens is 248 g/mol. The van der Waals surface area contributed by atoms with Crippen LogP contribution in [0.15, 0.2) is 24.3 Å². The van der Waals surface area contributed by atoms with Gasteiger partial charge in [-0.25, -0.2) is 0 Å². The van der Waals surface area contributed by atoms with Crippen LogP contribution in [-0.4, -0.2) is 30.2 Å². The van der Waals surface area contributed by atoms with Crippen LogP contribution >= 0.6 is 11.6 Å². The highest BCUT2D eigenvalue weighted by Crippen LogP contribution is 2.25. The summed E-state index contributed by atoms with van der Waals surface area (Å²) < 4.78 is 5.69. The lowest BCUT2D eigenvalue weighted by Crippen LogP contribution is -2.46. The van der Waals surface area contributed by atoms with Gasteiger partial charge >= 0.3 is 0 Å². The molecule has 1 aromatic rings. The summed E-state index contributed by atoms with van der Waals surface area (Å²) in [6.07, 6.45) is 0.328. The van der Waals surface area contributed by atoms with Gasteiger partial charge in [-0.15, -0.1) is 0 Å². The van der Waals surface area contributed by atoms with E-state index < -0.39 is 0 Å². The van der Waals surface area contributed by atoms with E-state index in [9.17, 15) is 5.26 Å². The maximum atomic E-state index is 9.41. The van der Waals surface area contributed by atoms with Crippen LogP contribution in [0.25, 0.3) is 0 Å². The molecule has 3 nitrogen and oxygen atoms in total. The zero-order valence-electron chi connectivity index (χ0n) is 10.6. The lowest BCUT2D eigenvalue weighted by atomic mass is 10.0. The van der Waals surface area contributed by atoms with E-state index in [1.54, 1.807) is 0 Å². The molecule has 0 N–H and O–H groups in total. The van der Waals surface area contributed by atoms with Crippen LogP contribution in [0, 0.1) is 11.3 Å². The first-order chi connectivity index (χ1) is 8.60. The molecule has 4 heteroatoms.